The van der Waals surface area contributed by atoms with Crippen LogP contribution in [0.15, 0.2) is 29.3 Å². The van der Waals surface area contributed by atoms with Crippen molar-refractivity contribution < 1.29 is 4.74 Å². The van der Waals surface area contributed by atoms with E-state index in [1.807, 2.05) is 0 Å². The van der Waals surface area contributed by atoms with Gasteiger partial charge in [0.05, 0.1) is 18.2 Å². The lowest BCUT2D eigenvalue weighted by Crippen LogP contribution is -2.54. The van der Waals surface area contributed by atoms with E-state index in [2.05, 4.69) is 63.9 Å². The molecule has 3 fully saturated rings. The Bertz CT molecular complexity index is 1050. The average Bonchev–Trinajstić information content (AvgIpc) is 3.32. The van der Waals surface area contributed by atoms with Crippen molar-refractivity contribution in [2.24, 2.45) is 45.2 Å². The second kappa shape index (κ2) is 7.69. The van der Waals surface area contributed by atoms with Crippen LogP contribution in [-0.2, 0) is 11.3 Å². The third-order valence-corrected chi connectivity index (χ3v) is 10.8. The minimum atomic E-state index is -0.0242. The SMILES string of the molecule is CC(C)(C)O[C@H]1CC[C@@]2(C)[C@@H](CC[C@@H]3[C@@H]2CC[C@]2(C)C(c4ccc5c(c4)CN=C5N)=CC[C@@H]32)C1. The highest BCUT2D eigenvalue weighted by molar-refractivity contribution is 6.01. The number of aliphatic imine (C=N–C) groups is 1. The first kappa shape index (κ1) is 22.8. The van der Waals surface area contributed by atoms with Gasteiger partial charge in [-0.2, -0.15) is 0 Å². The molecule has 1 heterocycles. The van der Waals surface area contributed by atoms with Crippen LogP contribution in [0.5, 0.6) is 0 Å². The van der Waals surface area contributed by atoms with Crippen LogP contribution in [0.3, 0.4) is 0 Å². The maximum absolute atomic E-state index is 6.47. The molecule has 1 aromatic carbocycles. The van der Waals surface area contributed by atoms with Crippen molar-refractivity contribution in [2.75, 3.05) is 0 Å². The molecule has 0 aromatic heterocycles. The van der Waals surface area contributed by atoms with Gasteiger partial charge < -0.3 is 10.5 Å². The van der Waals surface area contributed by atoms with Crippen molar-refractivity contribution in [3.05, 3.63) is 41.0 Å². The zero-order valence-electron chi connectivity index (χ0n) is 22.0. The maximum atomic E-state index is 6.47. The monoisotopic (exact) mass is 460 g/mol. The van der Waals surface area contributed by atoms with E-state index in [-0.39, 0.29) is 5.60 Å². The summed E-state index contributed by atoms with van der Waals surface area (Å²) in [5.74, 6) is 4.12. The summed E-state index contributed by atoms with van der Waals surface area (Å²) in [6.07, 6.45) is 13.8. The predicted molar refractivity (Wildman–Crippen MR) is 141 cm³/mol. The van der Waals surface area contributed by atoms with Crippen molar-refractivity contribution in [1.29, 1.82) is 0 Å². The van der Waals surface area contributed by atoms with Gasteiger partial charge >= 0.3 is 0 Å². The van der Waals surface area contributed by atoms with Crippen LogP contribution in [0.1, 0.15) is 103 Å². The summed E-state index contributed by atoms with van der Waals surface area (Å²) < 4.78 is 6.47. The molecule has 184 valence electrons. The molecular formula is C31H44N2O. The summed E-state index contributed by atoms with van der Waals surface area (Å²) in [4.78, 5) is 4.46. The Kier molecular flexibility index (Phi) is 5.16. The molecule has 0 radical (unpaired) electrons. The summed E-state index contributed by atoms with van der Waals surface area (Å²) in [6.45, 7) is 12.6. The molecular weight excluding hydrogens is 416 g/mol. The zero-order valence-corrected chi connectivity index (χ0v) is 22.0. The summed E-state index contributed by atoms with van der Waals surface area (Å²) in [5.41, 5.74) is 12.4. The first-order valence-corrected chi connectivity index (χ1v) is 13.9. The minimum Gasteiger partial charge on any atom is -0.383 e. The fourth-order valence-electron chi connectivity index (χ4n) is 9.24. The smallest absolute Gasteiger partial charge is 0.126 e. The van der Waals surface area contributed by atoms with Crippen LogP contribution in [0.25, 0.3) is 5.57 Å². The lowest BCUT2D eigenvalue weighted by Gasteiger charge is -2.61. The van der Waals surface area contributed by atoms with Crippen molar-refractivity contribution in [1.82, 2.24) is 0 Å². The second-order valence-electron chi connectivity index (χ2n) is 13.7. The minimum absolute atomic E-state index is 0.0242. The van der Waals surface area contributed by atoms with Crippen LogP contribution in [-0.4, -0.2) is 17.5 Å². The van der Waals surface area contributed by atoms with E-state index < -0.39 is 0 Å². The largest absolute Gasteiger partial charge is 0.383 e. The number of ether oxygens (including phenoxy) is 1. The number of amidine groups is 1. The summed E-state index contributed by atoms with van der Waals surface area (Å²) in [6, 6.07) is 6.91. The highest BCUT2D eigenvalue weighted by Crippen LogP contribution is 2.67. The van der Waals surface area contributed by atoms with Gasteiger partial charge in [0.2, 0.25) is 0 Å². The quantitative estimate of drug-likeness (QED) is 0.510. The van der Waals surface area contributed by atoms with Gasteiger partial charge in [-0.05, 0) is 129 Å². The summed E-state index contributed by atoms with van der Waals surface area (Å²) in [7, 11) is 0. The van der Waals surface area contributed by atoms with E-state index in [0.717, 1.165) is 35.8 Å². The lowest BCUT2D eigenvalue weighted by atomic mass is 9.44. The number of fused-ring (bicyclic) bond motifs is 6. The molecule has 0 bridgehead atoms. The van der Waals surface area contributed by atoms with Crippen LogP contribution < -0.4 is 5.73 Å². The molecule has 3 saturated carbocycles. The summed E-state index contributed by atoms with van der Waals surface area (Å²) >= 11 is 0. The Labute approximate surface area is 206 Å². The molecule has 1 aliphatic heterocycles. The normalized spacial score (nSPS) is 41.1. The molecule has 3 heteroatoms. The standard InChI is InChI=1S/C31H44N2O/c1-29(2,3)34-22-12-14-30(4)21(17-22)7-9-24-26-11-10-25(31(26,5)15-13-27(24)30)19-6-8-23-20(16-19)18-33-28(23)32/h6,8,10,16,21-22,24,26-27H,7,9,11-15,17-18H2,1-5H3,(H2,32,33)/t21-,22-,24-,26-,27-,30-,31+/m0/s1. The number of benzene rings is 1. The third kappa shape index (κ3) is 3.44. The number of hydrogen-bond donors (Lipinski definition) is 1. The van der Waals surface area contributed by atoms with Gasteiger partial charge in [-0.25, -0.2) is 0 Å². The molecule has 0 amide bonds. The molecule has 6 rings (SSSR count). The topological polar surface area (TPSA) is 47.6 Å². The van der Waals surface area contributed by atoms with Crippen molar-refractivity contribution in [2.45, 2.75) is 104 Å². The van der Waals surface area contributed by atoms with Gasteiger partial charge in [-0.1, -0.05) is 32.1 Å². The van der Waals surface area contributed by atoms with E-state index in [0.29, 0.717) is 22.8 Å². The number of allylic oxidation sites excluding steroid dienone is 2. The van der Waals surface area contributed by atoms with Crippen LogP contribution in [0.4, 0.5) is 0 Å². The Hall–Kier alpha value is -1.61. The Morgan fingerprint density at radius 1 is 1.03 bits per heavy atom. The Balaban J connectivity index is 1.22. The van der Waals surface area contributed by atoms with Crippen molar-refractivity contribution in [3.8, 4) is 0 Å². The van der Waals surface area contributed by atoms with Gasteiger partial charge in [0.1, 0.15) is 5.84 Å². The van der Waals surface area contributed by atoms with E-state index in [1.165, 1.54) is 62.5 Å². The fraction of sp³-hybridized carbons (Fsp3) is 0.710. The number of nitrogens with zero attached hydrogens (tertiary/aromatic N) is 1. The van der Waals surface area contributed by atoms with Gasteiger partial charge in [0.15, 0.2) is 0 Å². The van der Waals surface area contributed by atoms with E-state index in [9.17, 15) is 0 Å². The van der Waals surface area contributed by atoms with Gasteiger partial charge in [-0.3, -0.25) is 4.99 Å². The first-order chi connectivity index (χ1) is 16.1. The zero-order chi connectivity index (χ0) is 23.9. The van der Waals surface area contributed by atoms with Crippen molar-refractivity contribution in [3.63, 3.8) is 0 Å². The Morgan fingerprint density at radius 2 is 1.85 bits per heavy atom. The molecule has 7 atom stereocenters. The molecule has 0 saturated heterocycles. The van der Waals surface area contributed by atoms with Crippen LogP contribution in [0.2, 0.25) is 0 Å². The molecule has 1 aromatic rings. The average molecular weight is 461 g/mol. The molecule has 4 aliphatic carbocycles. The fourth-order valence-corrected chi connectivity index (χ4v) is 9.24. The van der Waals surface area contributed by atoms with E-state index in [4.69, 9.17) is 10.5 Å². The van der Waals surface area contributed by atoms with Crippen molar-refractivity contribution >= 4 is 11.4 Å². The van der Waals surface area contributed by atoms with E-state index in [1.54, 1.807) is 5.57 Å². The highest BCUT2D eigenvalue weighted by atomic mass is 16.5. The number of nitrogens with two attached hydrogens (primary N) is 1. The van der Waals surface area contributed by atoms with Gasteiger partial charge in [0.25, 0.3) is 0 Å². The first-order valence-electron chi connectivity index (χ1n) is 13.9. The van der Waals surface area contributed by atoms with Crippen LogP contribution >= 0.6 is 0 Å². The predicted octanol–water partition coefficient (Wildman–Crippen LogP) is 7.13. The lowest BCUT2D eigenvalue weighted by molar-refractivity contribution is -0.148. The maximum Gasteiger partial charge on any atom is 0.126 e. The molecule has 34 heavy (non-hydrogen) atoms. The van der Waals surface area contributed by atoms with Crippen LogP contribution in [0, 0.1) is 34.5 Å². The third-order valence-electron chi connectivity index (χ3n) is 10.8. The molecule has 5 aliphatic rings. The molecule has 2 N–H and O–H groups in total. The molecule has 0 unspecified atom stereocenters. The summed E-state index contributed by atoms with van der Waals surface area (Å²) in [5, 5.41) is 0. The number of hydrogen-bond acceptors (Lipinski definition) is 3. The molecule has 0 spiro atoms. The highest BCUT2D eigenvalue weighted by Gasteiger charge is 2.58. The Morgan fingerprint density at radius 3 is 2.65 bits per heavy atom. The molecule has 3 nitrogen and oxygen atoms in total. The van der Waals surface area contributed by atoms with Gasteiger partial charge in [0, 0.05) is 5.56 Å². The van der Waals surface area contributed by atoms with Gasteiger partial charge in [-0.15, -0.1) is 0 Å². The second-order valence-corrected chi connectivity index (χ2v) is 13.7. The number of rotatable bonds is 2. The van der Waals surface area contributed by atoms with E-state index >= 15 is 0 Å².